The second-order valence-corrected chi connectivity index (χ2v) is 3.97. The molecule has 0 amide bonds. The van der Waals surface area contributed by atoms with Crippen LogP contribution < -0.4 is 5.11 Å². The van der Waals surface area contributed by atoms with Crippen molar-refractivity contribution in [1.29, 1.82) is 0 Å². The minimum Gasteiger partial charge on any atom is -0.549 e. The van der Waals surface area contributed by atoms with Gasteiger partial charge in [-0.1, -0.05) is 0 Å². The van der Waals surface area contributed by atoms with Crippen LogP contribution in [-0.4, -0.2) is 88.3 Å². The Balaban J connectivity index is 0. The first kappa shape index (κ1) is 21.6. The fourth-order valence-corrected chi connectivity index (χ4v) is 1.47. The van der Waals surface area contributed by atoms with Crippen molar-refractivity contribution < 1.29 is 56.4 Å². The summed E-state index contributed by atoms with van der Waals surface area (Å²) in [5, 5.41) is 36.3. The van der Waals surface area contributed by atoms with Crippen molar-refractivity contribution in [3.8, 4) is 0 Å². The van der Waals surface area contributed by atoms with Crippen LogP contribution in [0.2, 0.25) is 0 Å². The van der Waals surface area contributed by atoms with E-state index in [-0.39, 0.29) is 29.9 Å². The molecule has 0 atom stereocenters. The van der Waals surface area contributed by atoms with Crippen LogP contribution in [0.1, 0.15) is 0 Å². The first-order valence-electron chi connectivity index (χ1n) is 5.50. The molecule has 11 heteroatoms. The van der Waals surface area contributed by atoms with Gasteiger partial charge in [0.25, 0.3) is 0 Å². The number of carbonyl (C=O) groups is 4. The van der Waals surface area contributed by atoms with Crippen LogP contribution in [0.3, 0.4) is 0 Å². The van der Waals surface area contributed by atoms with Crippen LogP contribution in [0, 0.1) is 0 Å². The standard InChI is InChI=1S/C10H16N2O8.Co/c13-7(14)3-11(4-8(15)16)1-2-12(5-9(17)18)6-10(19)20;/h1-6H2,(H,13,14)(H,15,16)(H,17,18)(H,19,20);/q;+2/p-1. The molecule has 121 valence electrons. The van der Waals surface area contributed by atoms with Gasteiger partial charge in [0.2, 0.25) is 0 Å². The maximum atomic E-state index is 10.5. The van der Waals surface area contributed by atoms with Crippen LogP contribution in [0.25, 0.3) is 0 Å². The first-order chi connectivity index (χ1) is 9.20. The third kappa shape index (κ3) is 13.1. The van der Waals surface area contributed by atoms with E-state index in [2.05, 4.69) is 0 Å². The fraction of sp³-hybridized carbons (Fsp3) is 0.600. The predicted molar refractivity (Wildman–Crippen MR) is 60.8 cm³/mol. The van der Waals surface area contributed by atoms with E-state index < -0.39 is 50.1 Å². The smallest absolute Gasteiger partial charge is 0.549 e. The van der Waals surface area contributed by atoms with Gasteiger partial charge >= 0.3 is 34.7 Å². The summed E-state index contributed by atoms with van der Waals surface area (Å²) < 4.78 is 0. The van der Waals surface area contributed by atoms with E-state index in [0.717, 1.165) is 9.80 Å². The zero-order chi connectivity index (χ0) is 15.7. The van der Waals surface area contributed by atoms with Crippen molar-refractivity contribution in [1.82, 2.24) is 9.80 Å². The molecule has 0 spiro atoms. The zero-order valence-corrected chi connectivity index (χ0v) is 11.9. The topological polar surface area (TPSA) is 159 Å². The van der Waals surface area contributed by atoms with E-state index in [9.17, 15) is 24.3 Å². The summed E-state index contributed by atoms with van der Waals surface area (Å²) in [4.78, 5) is 44.1. The van der Waals surface area contributed by atoms with Crippen LogP contribution in [0.15, 0.2) is 0 Å². The number of hydrogen-bond donors (Lipinski definition) is 3. The molecule has 10 nitrogen and oxygen atoms in total. The minimum atomic E-state index is -1.48. The van der Waals surface area contributed by atoms with Crippen LogP contribution >= 0.6 is 0 Å². The van der Waals surface area contributed by atoms with E-state index in [1.807, 2.05) is 0 Å². The molecular formula is C10H15CoN2O8+. The Hall–Kier alpha value is -1.69. The molecule has 0 saturated heterocycles. The summed E-state index contributed by atoms with van der Waals surface area (Å²) in [6.07, 6.45) is 0. The minimum absolute atomic E-state index is 0. The summed E-state index contributed by atoms with van der Waals surface area (Å²) in [5.74, 6) is -5.21. The fourth-order valence-electron chi connectivity index (χ4n) is 1.47. The summed E-state index contributed by atoms with van der Waals surface area (Å²) >= 11 is 0. The van der Waals surface area contributed by atoms with Gasteiger partial charge in [-0.2, -0.15) is 0 Å². The number of hydrogen-bond acceptors (Lipinski definition) is 7. The monoisotopic (exact) mass is 350 g/mol. The number of nitrogens with zero attached hydrogens (tertiary/aromatic N) is 2. The zero-order valence-electron chi connectivity index (χ0n) is 10.9. The molecule has 0 aromatic rings. The van der Waals surface area contributed by atoms with Crippen molar-refractivity contribution in [2.24, 2.45) is 0 Å². The second-order valence-electron chi connectivity index (χ2n) is 3.97. The summed E-state index contributed by atoms with van der Waals surface area (Å²) in [6, 6.07) is 0. The summed E-state index contributed by atoms with van der Waals surface area (Å²) in [6.45, 7) is -2.50. The van der Waals surface area contributed by atoms with E-state index in [1.165, 1.54) is 0 Å². The quantitative estimate of drug-likeness (QED) is 0.343. The van der Waals surface area contributed by atoms with Crippen LogP contribution in [0.5, 0.6) is 0 Å². The van der Waals surface area contributed by atoms with Gasteiger partial charge in [-0.3, -0.25) is 24.2 Å². The molecule has 0 unspecified atom stereocenters. The third-order valence-electron chi connectivity index (χ3n) is 2.16. The van der Waals surface area contributed by atoms with E-state index in [1.54, 1.807) is 0 Å². The first-order valence-corrected chi connectivity index (χ1v) is 5.50. The average Bonchev–Trinajstić information content (AvgIpc) is 2.22. The number of carboxylic acid groups (broad SMARTS) is 4. The van der Waals surface area contributed by atoms with Crippen molar-refractivity contribution in [3.05, 3.63) is 0 Å². The van der Waals surface area contributed by atoms with Gasteiger partial charge in [0.05, 0.1) is 25.6 Å². The maximum absolute atomic E-state index is 10.5. The molecule has 0 aliphatic rings. The van der Waals surface area contributed by atoms with Crippen molar-refractivity contribution in [2.75, 3.05) is 39.3 Å². The Bertz CT molecular complexity index is 321. The van der Waals surface area contributed by atoms with Gasteiger partial charge in [-0.15, -0.1) is 0 Å². The Morgan fingerprint density at radius 3 is 1.24 bits per heavy atom. The molecule has 0 saturated carbocycles. The van der Waals surface area contributed by atoms with Crippen molar-refractivity contribution in [2.45, 2.75) is 0 Å². The molecule has 0 aromatic heterocycles. The maximum Gasteiger partial charge on any atom is 2.00 e. The van der Waals surface area contributed by atoms with E-state index >= 15 is 0 Å². The second kappa shape index (κ2) is 11.0. The number of carboxylic acids is 4. The van der Waals surface area contributed by atoms with Crippen LogP contribution in [-0.2, 0) is 36.0 Å². The largest absolute Gasteiger partial charge is 2.00 e. The Morgan fingerprint density at radius 1 is 0.714 bits per heavy atom. The normalized spacial score (nSPS) is 10.2. The van der Waals surface area contributed by atoms with Gasteiger partial charge in [0.15, 0.2) is 0 Å². The molecule has 3 N–H and O–H groups in total. The van der Waals surface area contributed by atoms with Gasteiger partial charge in [0.1, 0.15) is 0 Å². The van der Waals surface area contributed by atoms with Gasteiger partial charge in [-0.05, 0) is 0 Å². The van der Waals surface area contributed by atoms with E-state index in [0.29, 0.717) is 0 Å². The summed E-state index contributed by atoms with van der Waals surface area (Å²) in [7, 11) is 0. The Kier molecular flexibility index (Phi) is 11.3. The SMILES string of the molecule is O=C([O-])CN(CCN(CC(=O)O)CC(=O)O)CC(=O)O.[Co+2]. The Morgan fingerprint density at radius 2 is 1.00 bits per heavy atom. The van der Waals surface area contributed by atoms with Gasteiger partial charge in [0, 0.05) is 19.6 Å². The molecule has 0 aliphatic carbocycles. The molecule has 21 heavy (non-hydrogen) atoms. The van der Waals surface area contributed by atoms with Crippen molar-refractivity contribution >= 4 is 23.9 Å². The molecule has 0 aromatic carbocycles. The molecule has 0 aliphatic heterocycles. The Labute approximate surface area is 130 Å². The molecule has 0 heterocycles. The molecule has 0 fully saturated rings. The van der Waals surface area contributed by atoms with Crippen molar-refractivity contribution in [3.63, 3.8) is 0 Å². The average molecular weight is 350 g/mol. The van der Waals surface area contributed by atoms with Crippen LogP contribution in [0.4, 0.5) is 0 Å². The summed E-state index contributed by atoms with van der Waals surface area (Å²) in [5.41, 5.74) is 0. The molecule has 0 bridgehead atoms. The molecule has 1 radical (unpaired) electrons. The van der Waals surface area contributed by atoms with E-state index in [4.69, 9.17) is 15.3 Å². The van der Waals surface area contributed by atoms with Gasteiger partial charge < -0.3 is 25.2 Å². The molecular weight excluding hydrogens is 335 g/mol. The van der Waals surface area contributed by atoms with Gasteiger partial charge in [-0.25, -0.2) is 0 Å². The number of carbonyl (C=O) groups excluding carboxylic acids is 1. The predicted octanol–water partition coefficient (Wildman–Crippen LogP) is -3.41. The third-order valence-corrected chi connectivity index (χ3v) is 2.16. The number of rotatable bonds is 11. The molecule has 0 rings (SSSR count). The number of aliphatic carboxylic acids is 4.